The van der Waals surface area contributed by atoms with Gasteiger partial charge in [-0.25, -0.2) is 4.68 Å². The van der Waals surface area contributed by atoms with E-state index in [1.54, 1.807) is 12.3 Å². The van der Waals surface area contributed by atoms with E-state index in [2.05, 4.69) is 10.4 Å². The molecule has 0 spiro atoms. The lowest BCUT2D eigenvalue weighted by Crippen LogP contribution is -2.29. The van der Waals surface area contributed by atoms with Crippen LogP contribution in [0.4, 0.5) is 5.69 Å². The maximum atomic E-state index is 12.0. The Morgan fingerprint density at radius 3 is 2.89 bits per heavy atom. The average Bonchev–Trinajstić information content (AvgIpc) is 2.86. The van der Waals surface area contributed by atoms with Crippen molar-refractivity contribution in [2.45, 2.75) is 57.2 Å². The summed E-state index contributed by atoms with van der Waals surface area (Å²) in [5.41, 5.74) is 0.824. The molecule has 3 rings (SSSR count). The van der Waals surface area contributed by atoms with Crippen molar-refractivity contribution >= 4 is 5.69 Å². The number of aryl methyl sites for hydroxylation is 1. The van der Waals surface area contributed by atoms with Gasteiger partial charge in [-0.15, -0.1) is 0 Å². The molecule has 5 heteroatoms. The van der Waals surface area contributed by atoms with E-state index in [9.17, 15) is 4.79 Å². The summed E-state index contributed by atoms with van der Waals surface area (Å²) in [6.07, 6.45) is 8.86. The van der Waals surface area contributed by atoms with E-state index in [0.717, 1.165) is 31.6 Å². The predicted molar refractivity (Wildman–Crippen MR) is 73.3 cm³/mol. The highest BCUT2D eigenvalue weighted by Crippen LogP contribution is 2.22. The number of ether oxygens (including phenoxy) is 1. The first kappa shape index (κ1) is 12.7. The van der Waals surface area contributed by atoms with Crippen LogP contribution in [-0.4, -0.2) is 28.5 Å². The quantitative estimate of drug-likeness (QED) is 0.879. The third-order valence-electron chi connectivity index (χ3n) is 4.03. The van der Waals surface area contributed by atoms with Crippen molar-refractivity contribution < 1.29 is 4.74 Å². The molecular weight excluding hydrogens is 242 g/mol. The van der Waals surface area contributed by atoms with Gasteiger partial charge in [0.15, 0.2) is 0 Å². The number of rotatable bonds is 5. The number of nitrogens with zero attached hydrogens (tertiary/aromatic N) is 2. The van der Waals surface area contributed by atoms with Crippen molar-refractivity contribution in [2.75, 3.05) is 11.9 Å². The second-order valence-electron chi connectivity index (χ2n) is 5.50. The Hall–Kier alpha value is -1.36. The van der Waals surface area contributed by atoms with Gasteiger partial charge in [-0.1, -0.05) is 0 Å². The average molecular weight is 263 g/mol. The van der Waals surface area contributed by atoms with Gasteiger partial charge in [-0.3, -0.25) is 4.79 Å². The molecule has 1 unspecified atom stereocenters. The van der Waals surface area contributed by atoms with E-state index >= 15 is 0 Å². The summed E-state index contributed by atoms with van der Waals surface area (Å²) in [6, 6.07) is 2.19. The molecule has 2 heterocycles. The van der Waals surface area contributed by atoms with Crippen LogP contribution in [0.25, 0.3) is 0 Å². The first-order chi connectivity index (χ1) is 9.31. The summed E-state index contributed by atoms with van der Waals surface area (Å²) < 4.78 is 7.09. The predicted octanol–water partition coefficient (Wildman–Crippen LogP) is 1.78. The fraction of sp³-hybridized carbons (Fsp3) is 0.714. The van der Waals surface area contributed by atoms with Crippen LogP contribution in [0.15, 0.2) is 17.1 Å². The van der Waals surface area contributed by atoms with Gasteiger partial charge in [-0.2, -0.15) is 5.10 Å². The number of anilines is 1. The Kier molecular flexibility index (Phi) is 3.82. The molecule has 2 fully saturated rings. The molecule has 104 valence electrons. The standard InChI is InChI=1S/C14H21N3O2/c18-14-9-12(16-11-3-1-4-11)10-15-17(14)7-6-13-5-2-8-19-13/h9-11,13,16H,1-8H2. The number of nitrogens with one attached hydrogen (secondary N) is 1. The molecule has 1 aromatic heterocycles. The summed E-state index contributed by atoms with van der Waals surface area (Å²) in [5, 5.41) is 7.58. The van der Waals surface area contributed by atoms with Crippen LogP contribution in [0.2, 0.25) is 0 Å². The third-order valence-corrected chi connectivity index (χ3v) is 4.03. The minimum Gasteiger partial charge on any atom is -0.381 e. The lowest BCUT2D eigenvalue weighted by molar-refractivity contribution is 0.0990. The lowest BCUT2D eigenvalue weighted by atomic mass is 9.93. The molecule has 1 aliphatic heterocycles. The van der Waals surface area contributed by atoms with Gasteiger partial charge < -0.3 is 10.1 Å². The molecule has 1 saturated heterocycles. The Morgan fingerprint density at radius 2 is 2.26 bits per heavy atom. The first-order valence-corrected chi connectivity index (χ1v) is 7.26. The second-order valence-corrected chi connectivity index (χ2v) is 5.50. The SMILES string of the molecule is O=c1cc(NC2CCC2)cnn1CCC1CCCO1. The highest BCUT2D eigenvalue weighted by Gasteiger charge is 2.18. The van der Waals surface area contributed by atoms with E-state index in [0.29, 0.717) is 18.7 Å². The number of hydrogen-bond acceptors (Lipinski definition) is 4. The van der Waals surface area contributed by atoms with E-state index in [-0.39, 0.29) is 5.56 Å². The van der Waals surface area contributed by atoms with Crippen LogP contribution in [0.5, 0.6) is 0 Å². The van der Waals surface area contributed by atoms with Crippen LogP contribution in [0, 0.1) is 0 Å². The molecule has 19 heavy (non-hydrogen) atoms. The minimum atomic E-state index is -0.0256. The van der Waals surface area contributed by atoms with Gasteiger partial charge in [-0.05, 0) is 38.5 Å². The first-order valence-electron chi connectivity index (χ1n) is 7.26. The van der Waals surface area contributed by atoms with E-state index in [1.807, 2.05) is 0 Å². The minimum absolute atomic E-state index is 0.0256. The normalized spacial score (nSPS) is 23.3. The Morgan fingerprint density at radius 1 is 1.37 bits per heavy atom. The van der Waals surface area contributed by atoms with Crippen molar-refractivity contribution in [3.63, 3.8) is 0 Å². The largest absolute Gasteiger partial charge is 0.381 e. The molecule has 1 aliphatic carbocycles. The summed E-state index contributed by atoms with van der Waals surface area (Å²) in [6.45, 7) is 1.50. The third kappa shape index (κ3) is 3.15. The molecule has 1 atom stereocenters. The van der Waals surface area contributed by atoms with Gasteiger partial charge in [0.05, 0.1) is 18.0 Å². The molecule has 0 radical (unpaired) electrons. The highest BCUT2D eigenvalue weighted by molar-refractivity contribution is 5.40. The van der Waals surface area contributed by atoms with Crippen LogP contribution in [0.1, 0.15) is 38.5 Å². The Balaban J connectivity index is 1.57. The topological polar surface area (TPSA) is 56.2 Å². The molecule has 5 nitrogen and oxygen atoms in total. The van der Waals surface area contributed by atoms with E-state index in [1.165, 1.54) is 23.9 Å². The lowest BCUT2D eigenvalue weighted by Gasteiger charge is -2.27. The summed E-state index contributed by atoms with van der Waals surface area (Å²) >= 11 is 0. The van der Waals surface area contributed by atoms with Crippen LogP contribution >= 0.6 is 0 Å². The van der Waals surface area contributed by atoms with Crippen LogP contribution in [-0.2, 0) is 11.3 Å². The molecule has 0 aromatic carbocycles. The van der Waals surface area contributed by atoms with Crippen molar-refractivity contribution in [2.24, 2.45) is 0 Å². The van der Waals surface area contributed by atoms with Gasteiger partial charge in [0.1, 0.15) is 0 Å². The fourth-order valence-corrected chi connectivity index (χ4v) is 2.61. The van der Waals surface area contributed by atoms with Gasteiger partial charge >= 0.3 is 0 Å². The van der Waals surface area contributed by atoms with Crippen molar-refractivity contribution in [3.05, 3.63) is 22.6 Å². The maximum Gasteiger partial charge on any atom is 0.268 e. The Labute approximate surface area is 113 Å². The second kappa shape index (κ2) is 5.74. The molecule has 0 bridgehead atoms. The van der Waals surface area contributed by atoms with E-state index < -0.39 is 0 Å². The van der Waals surface area contributed by atoms with E-state index in [4.69, 9.17) is 4.74 Å². The summed E-state index contributed by atoms with van der Waals surface area (Å²) in [4.78, 5) is 12.0. The molecular formula is C14H21N3O2. The maximum absolute atomic E-state index is 12.0. The van der Waals surface area contributed by atoms with Crippen molar-refractivity contribution in [1.82, 2.24) is 9.78 Å². The fourth-order valence-electron chi connectivity index (χ4n) is 2.61. The zero-order valence-corrected chi connectivity index (χ0v) is 11.2. The molecule has 1 aromatic rings. The zero-order valence-electron chi connectivity index (χ0n) is 11.2. The van der Waals surface area contributed by atoms with Crippen molar-refractivity contribution in [1.29, 1.82) is 0 Å². The van der Waals surface area contributed by atoms with Gasteiger partial charge in [0.2, 0.25) is 0 Å². The number of hydrogen-bond donors (Lipinski definition) is 1. The van der Waals surface area contributed by atoms with Gasteiger partial charge in [0, 0.05) is 25.3 Å². The highest BCUT2D eigenvalue weighted by atomic mass is 16.5. The monoisotopic (exact) mass is 263 g/mol. The van der Waals surface area contributed by atoms with Gasteiger partial charge in [0.25, 0.3) is 5.56 Å². The summed E-state index contributed by atoms with van der Waals surface area (Å²) in [5.74, 6) is 0. The molecule has 2 aliphatic rings. The summed E-state index contributed by atoms with van der Waals surface area (Å²) in [7, 11) is 0. The molecule has 0 amide bonds. The zero-order chi connectivity index (χ0) is 13.1. The smallest absolute Gasteiger partial charge is 0.268 e. The Bertz CT molecular complexity index is 476. The molecule has 1 N–H and O–H groups in total. The van der Waals surface area contributed by atoms with Crippen molar-refractivity contribution in [3.8, 4) is 0 Å². The molecule has 1 saturated carbocycles. The van der Waals surface area contributed by atoms with Crippen LogP contribution < -0.4 is 10.9 Å². The van der Waals surface area contributed by atoms with Crippen LogP contribution in [0.3, 0.4) is 0 Å². The number of aromatic nitrogens is 2.